The SMILES string of the molecule is CCCCC(CC)CCc1ccc(/N=N/c2ccc(-c3ccc(-c4ccc(/N=N/c5ccc(CCC(CC)CCCC)cc5F)cc4)c4nsnc34)cc2)c(F)c1. The molecule has 1 aromatic heterocycles. The van der Waals surface area contributed by atoms with E-state index < -0.39 is 0 Å². The van der Waals surface area contributed by atoms with Crippen molar-refractivity contribution >= 4 is 45.5 Å². The van der Waals surface area contributed by atoms with E-state index in [1.807, 2.05) is 72.8 Å². The maximum atomic E-state index is 14.9. The highest BCUT2D eigenvalue weighted by Crippen LogP contribution is 2.36. The minimum atomic E-state index is -0.350. The molecule has 57 heavy (non-hydrogen) atoms. The van der Waals surface area contributed by atoms with Crippen LogP contribution in [0.15, 0.2) is 118 Å². The quantitative estimate of drug-likeness (QED) is 0.0723. The van der Waals surface area contributed by atoms with Gasteiger partial charge in [0.25, 0.3) is 0 Å². The molecule has 0 bridgehead atoms. The van der Waals surface area contributed by atoms with Gasteiger partial charge in [-0.05, 0) is 108 Å². The Morgan fingerprint density at radius 2 is 0.930 bits per heavy atom. The summed E-state index contributed by atoms with van der Waals surface area (Å²) in [5.41, 5.74) is 9.16. The van der Waals surface area contributed by atoms with E-state index in [-0.39, 0.29) is 23.0 Å². The number of benzene rings is 5. The molecule has 5 aromatic carbocycles. The zero-order chi connectivity index (χ0) is 40.0. The minimum Gasteiger partial charge on any atom is -0.205 e. The molecule has 296 valence electrons. The lowest BCUT2D eigenvalue weighted by molar-refractivity contribution is 0.421. The summed E-state index contributed by atoms with van der Waals surface area (Å²) in [7, 11) is 0. The van der Waals surface area contributed by atoms with E-state index >= 15 is 0 Å². The van der Waals surface area contributed by atoms with Crippen molar-refractivity contribution in [3.8, 4) is 22.3 Å². The van der Waals surface area contributed by atoms with Crippen LogP contribution in [-0.2, 0) is 12.8 Å². The lowest BCUT2D eigenvalue weighted by Crippen LogP contribution is -2.01. The normalized spacial score (nSPS) is 12.9. The number of rotatable bonds is 20. The topological polar surface area (TPSA) is 75.2 Å². The van der Waals surface area contributed by atoms with E-state index in [1.54, 1.807) is 24.3 Å². The van der Waals surface area contributed by atoms with E-state index in [4.69, 9.17) is 0 Å². The van der Waals surface area contributed by atoms with Crippen LogP contribution in [-0.4, -0.2) is 8.75 Å². The Balaban J connectivity index is 1.08. The fraction of sp³-hybridized carbons (Fsp3) is 0.375. The zero-order valence-corrected chi connectivity index (χ0v) is 34.5. The maximum Gasteiger partial charge on any atom is 0.150 e. The Morgan fingerprint density at radius 1 is 0.509 bits per heavy atom. The standard InChI is InChI=1S/C48H54F2N6S/c1-5-9-11-33(7-3)13-15-35-17-29-45(43(49)31-35)53-51-39-23-19-37(20-24-39)41-27-28-42(48-47(41)55-57-56-48)38-21-25-40(26-22-38)52-54-46-30-18-36(32-44(46)50)16-14-34(8-4)12-10-6-2/h17-34H,5-16H2,1-4H3/b53-51+,54-52+. The first-order valence-electron chi connectivity index (χ1n) is 20.7. The third-order valence-electron chi connectivity index (χ3n) is 11.1. The number of nitrogens with zero attached hydrogens (tertiary/aromatic N) is 6. The molecule has 0 N–H and O–H groups in total. The van der Waals surface area contributed by atoms with Crippen LogP contribution in [0.2, 0.25) is 0 Å². The molecule has 0 aliphatic rings. The van der Waals surface area contributed by atoms with Crippen LogP contribution < -0.4 is 0 Å². The van der Waals surface area contributed by atoms with E-state index in [1.165, 1.54) is 50.3 Å². The van der Waals surface area contributed by atoms with Crippen LogP contribution in [0.4, 0.5) is 31.5 Å². The van der Waals surface area contributed by atoms with Crippen molar-refractivity contribution in [2.75, 3.05) is 0 Å². The van der Waals surface area contributed by atoms with Crippen LogP contribution in [0.25, 0.3) is 33.3 Å². The van der Waals surface area contributed by atoms with Gasteiger partial charge in [0.1, 0.15) is 22.4 Å². The number of fused-ring (bicyclic) bond motifs is 1. The van der Waals surface area contributed by atoms with Gasteiger partial charge in [-0.1, -0.05) is 128 Å². The Morgan fingerprint density at radius 3 is 1.30 bits per heavy atom. The first-order valence-corrected chi connectivity index (χ1v) is 21.5. The van der Waals surface area contributed by atoms with Crippen LogP contribution in [0.1, 0.15) is 103 Å². The molecule has 0 aliphatic heterocycles. The maximum absolute atomic E-state index is 14.9. The third-order valence-corrected chi connectivity index (χ3v) is 11.6. The highest BCUT2D eigenvalue weighted by molar-refractivity contribution is 7.00. The summed E-state index contributed by atoms with van der Waals surface area (Å²) < 4.78 is 39.2. The Hall–Kier alpha value is -5.02. The van der Waals surface area contributed by atoms with Gasteiger partial charge in [-0.3, -0.25) is 0 Å². The highest BCUT2D eigenvalue weighted by atomic mass is 32.1. The molecule has 9 heteroatoms. The first kappa shape index (κ1) is 41.6. The largest absolute Gasteiger partial charge is 0.205 e. The van der Waals surface area contributed by atoms with Crippen molar-refractivity contribution in [1.82, 2.24) is 8.75 Å². The monoisotopic (exact) mass is 784 g/mol. The molecule has 0 spiro atoms. The fourth-order valence-corrected chi connectivity index (χ4v) is 7.95. The van der Waals surface area contributed by atoms with Gasteiger partial charge in [-0.25, -0.2) is 8.78 Å². The second-order valence-corrected chi connectivity index (χ2v) is 15.6. The molecular weight excluding hydrogens is 731 g/mol. The Labute approximate surface area is 340 Å². The molecule has 0 saturated carbocycles. The summed E-state index contributed by atoms with van der Waals surface area (Å²) in [4.78, 5) is 0. The molecule has 0 amide bonds. The highest BCUT2D eigenvalue weighted by Gasteiger charge is 2.15. The predicted molar refractivity (Wildman–Crippen MR) is 233 cm³/mol. The second kappa shape index (κ2) is 20.9. The molecule has 1 heterocycles. The summed E-state index contributed by atoms with van der Waals surface area (Å²) in [6.45, 7) is 8.93. The van der Waals surface area contributed by atoms with Crippen molar-refractivity contribution < 1.29 is 8.78 Å². The van der Waals surface area contributed by atoms with Crippen molar-refractivity contribution in [1.29, 1.82) is 0 Å². The van der Waals surface area contributed by atoms with Gasteiger partial charge < -0.3 is 0 Å². The van der Waals surface area contributed by atoms with Gasteiger partial charge >= 0.3 is 0 Å². The lowest BCUT2D eigenvalue weighted by Gasteiger charge is -2.14. The number of unbranched alkanes of at least 4 members (excludes halogenated alkanes) is 2. The van der Waals surface area contributed by atoms with Crippen LogP contribution in [0.5, 0.6) is 0 Å². The molecule has 6 aromatic rings. The van der Waals surface area contributed by atoms with Crippen molar-refractivity contribution in [3.63, 3.8) is 0 Å². The molecule has 0 radical (unpaired) electrons. The summed E-state index contributed by atoms with van der Waals surface area (Å²) in [5, 5.41) is 17.1. The summed E-state index contributed by atoms with van der Waals surface area (Å²) in [6, 6.07) is 30.0. The molecule has 0 aliphatic carbocycles. The fourth-order valence-electron chi connectivity index (χ4n) is 7.38. The van der Waals surface area contributed by atoms with Crippen LogP contribution in [0.3, 0.4) is 0 Å². The number of halogens is 2. The Kier molecular flexibility index (Phi) is 15.3. The molecule has 6 nitrogen and oxygen atoms in total. The average molecular weight is 785 g/mol. The van der Waals surface area contributed by atoms with E-state index in [0.717, 1.165) is 82.9 Å². The lowest BCUT2D eigenvalue weighted by atomic mass is 9.92. The van der Waals surface area contributed by atoms with Gasteiger partial charge in [0, 0.05) is 11.1 Å². The van der Waals surface area contributed by atoms with Gasteiger partial charge in [0.15, 0.2) is 11.6 Å². The van der Waals surface area contributed by atoms with E-state index in [9.17, 15) is 8.78 Å². The van der Waals surface area contributed by atoms with Crippen LogP contribution >= 0.6 is 11.7 Å². The van der Waals surface area contributed by atoms with Gasteiger partial charge in [0.05, 0.1) is 23.1 Å². The van der Waals surface area contributed by atoms with Crippen molar-refractivity contribution in [2.24, 2.45) is 32.3 Å². The predicted octanol–water partition coefficient (Wildman–Crippen LogP) is 16.4. The summed E-state index contributed by atoms with van der Waals surface area (Å²) in [5.74, 6) is 0.671. The molecular formula is C48H54F2N6S. The van der Waals surface area contributed by atoms with E-state index in [0.29, 0.717) is 23.2 Å². The molecule has 0 fully saturated rings. The first-order chi connectivity index (χ1) is 27.9. The zero-order valence-electron chi connectivity index (χ0n) is 33.7. The Bertz CT molecular complexity index is 2090. The molecule has 6 rings (SSSR count). The number of azo groups is 2. The summed E-state index contributed by atoms with van der Waals surface area (Å²) >= 11 is 1.17. The number of hydrogen-bond donors (Lipinski definition) is 0. The van der Waals surface area contributed by atoms with Gasteiger partial charge in [-0.2, -0.15) is 19.0 Å². The second-order valence-electron chi connectivity index (χ2n) is 15.1. The van der Waals surface area contributed by atoms with Crippen LogP contribution in [0, 0.1) is 23.5 Å². The number of aryl methyl sites for hydroxylation is 2. The number of aromatic nitrogens is 2. The van der Waals surface area contributed by atoms with Gasteiger partial charge in [-0.15, -0.1) is 10.2 Å². The average Bonchev–Trinajstić information content (AvgIpc) is 3.74. The molecule has 2 atom stereocenters. The van der Waals surface area contributed by atoms with E-state index in [2.05, 4.69) is 56.9 Å². The minimum absolute atomic E-state index is 0.232. The molecule has 0 saturated heterocycles. The van der Waals surface area contributed by atoms with Crippen molar-refractivity contribution in [3.05, 3.63) is 120 Å². The number of hydrogen-bond acceptors (Lipinski definition) is 7. The van der Waals surface area contributed by atoms with Gasteiger partial charge in [0.2, 0.25) is 0 Å². The smallest absolute Gasteiger partial charge is 0.150 e. The third kappa shape index (κ3) is 11.3. The molecule has 2 unspecified atom stereocenters. The summed E-state index contributed by atoms with van der Waals surface area (Å²) in [6.07, 6.45) is 13.6. The van der Waals surface area contributed by atoms with Crippen molar-refractivity contribution in [2.45, 2.75) is 105 Å².